The van der Waals surface area contributed by atoms with Crippen molar-refractivity contribution in [1.82, 2.24) is 25.2 Å². The number of thioether (sulfide) groups is 1. The van der Waals surface area contributed by atoms with Crippen molar-refractivity contribution in [2.45, 2.75) is 54.4 Å². The summed E-state index contributed by atoms with van der Waals surface area (Å²) in [5.41, 5.74) is 0.627. The van der Waals surface area contributed by atoms with Crippen molar-refractivity contribution in [3.8, 4) is 10.6 Å². The van der Waals surface area contributed by atoms with E-state index in [1.807, 2.05) is 0 Å². The number of alkyl halides is 3. The number of nitrogens with one attached hydrogen (secondary N) is 2. The Kier molecular flexibility index (Phi) is 6.39. The molecule has 9 nitrogen and oxygen atoms in total. The molecule has 220 valence electrons. The normalized spacial score (nSPS) is 24.1. The Hall–Kier alpha value is -2.94. The number of amides is 1. The van der Waals surface area contributed by atoms with Gasteiger partial charge in [0.1, 0.15) is 16.3 Å². The third-order valence-corrected chi connectivity index (χ3v) is 10.8. The van der Waals surface area contributed by atoms with Crippen LogP contribution in [0.25, 0.3) is 10.6 Å². The molecule has 4 saturated heterocycles. The molecule has 2 unspecified atom stereocenters. The van der Waals surface area contributed by atoms with E-state index < -0.39 is 11.7 Å². The Morgan fingerprint density at radius 3 is 2.57 bits per heavy atom. The van der Waals surface area contributed by atoms with Crippen molar-refractivity contribution in [3.63, 3.8) is 0 Å². The van der Waals surface area contributed by atoms with Crippen LogP contribution in [0.1, 0.15) is 46.0 Å². The van der Waals surface area contributed by atoms with E-state index >= 15 is 0 Å². The molecule has 14 heteroatoms. The van der Waals surface area contributed by atoms with E-state index in [0.29, 0.717) is 63.9 Å². The molecule has 8 heterocycles. The van der Waals surface area contributed by atoms with Gasteiger partial charge in [-0.3, -0.25) is 4.79 Å². The van der Waals surface area contributed by atoms with Crippen LogP contribution >= 0.6 is 23.1 Å². The Morgan fingerprint density at radius 2 is 1.88 bits per heavy atom. The molecule has 0 spiro atoms. The number of hydrogen-bond acceptors (Lipinski definition) is 10. The average Bonchev–Trinajstić information content (AvgIpc) is 3.71. The second-order valence-corrected chi connectivity index (χ2v) is 13.7. The third-order valence-electron chi connectivity index (χ3n) is 8.56. The Bertz CT molecular complexity index is 1540. The zero-order chi connectivity index (χ0) is 28.6. The van der Waals surface area contributed by atoms with Crippen LogP contribution in [0.5, 0.6) is 0 Å². The molecule has 2 bridgehead atoms. The summed E-state index contributed by atoms with van der Waals surface area (Å²) in [6.45, 7) is 3.39. The van der Waals surface area contributed by atoms with Crippen molar-refractivity contribution in [2.24, 2.45) is 0 Å². The molecule has 42 heavy (non-hydrogen) atoms. The van der Waals surface area contributed by atoms with Crippen LogP contribution in [-0.4, -0.2) is 82.5 Å². The van der Waals surface area contributed by atoms with Crippen LogP contribution < -0.4 is 15.5 Å². The summed E-state index contributed by atoms with van der Waals surface area (Å²) in [7, 11) is 0. The molecule has 0 aromatic carbocycles. The van der Waals surface area contributed by atoms with Gasteiger partial charge in [-0.15, -0.1) is 23.1 Å². The molecule has 1 aliphatic carbocycles. The van der Waals surface area contributed by atoms with Crippen molar-refractivity contribution in [3.05, 3.63) is 40.5 Å². The monoisotopic (exact) mass is 615 g/mol. The highest BCUT2D eigenvalue weighted by atomic mass is 32.2. The number of thiophene rings is 1. The number of hydrogen-bond donors (Lipinski definition) is 2. The van der Waals surface area contributed by atoms with Gasteiger partial charge < -0.3 is 25.2 Å². The number of halogens is 3. The first-order valence-electron chi connectivity index (χ1n) is 14.2. The minimum Gasteiger partial charge on any atom is -0.377 e. The number of rotatable bonds is 6. The lowest BCUT2D eigenvalue weighted by Gasteiger charge is -2.48. The highest BCUT2D eigenvalue weighted by molar-refractivity contribution is 7.99. The summed E-state index contributed by atoms with van der Waals surface area (Å²) in [4.78, 5) is 32.0. The van der Waals surface area contributed by atoms with Gasteiger partial charge >= 0.3 is 6.18 Å². The van der Waals surface area contributed by atoms with Gasteiger partial charge in [-0.25, -0.2) is 15.0 Å². The standard InChI is InChI=1S/C28H28F3N7O2S2/c29-28(30,31)19-8-33-27(35-20-9-32-23(6-18(20)14-1-2-14)37-10-15-5-16(11-37)34-15)36-24(19)21-7-22-25(42-21)26(39)38(3-4-41-22)17-12-40-13-17/h6-9,14-17,34H,1-5,10-13H2,(H,33,35,36). The predicted octanol–water partition coefficient (Wildman–Crippen LogP) is 4.74. The minimum atomic E-state index is -4.66. The largest absolute Gasteiger partial charge is 0.420 e. The van der Waals surface area contributed by atoms with Crippen LogP contribution in [0, 0.1) is 0 Å². The van der Waals surface area contributed by atoms with Gasteiger partial charge in [0.15, 0.2) is 0 Å². The fourth-order valence-corrected chi connectivity index (χ4v) is 8.43. The molecular formula is C28H28F3N7O2S2. The topological polar surface area (TPSA) is 95.5 Å². The zero-order valence-corrected chi connectivity index (χ0v) is 24.1. The van der Waals surface area contributed by atoms with Crippen molar-refractivity contribution in [2.75, 3.05) is 48.8 Å². The fraction of sp³-hybridized carbons (Fsp3) is 0.500. The van der Waals surface area contributed by atoms with Crippen LogP contribution in [0.2, 0.25) is 0 Å². The maximum absolute atomic E-state index is 14.2. The number of carbonyl (C=O) groups excluding carboxylic acids is 1. The highest BCUT2D eigenvalue weighted by Crippen LogP contribution is 2.46. The summed E-state index contributed by atoms with van der Waals surface area (Å²) < 4.78 is 47.7. The molecule has 1 amide bonds. The van der Waals surface area contributed by atoms with E-state index in [0.717, 1.165) is 54.8 Å². The molecule has 5 fully saturated rings. The summed E-state index contributed by atoms with van der Waals surface area (Å²) in [6, 6.07) is 4.78. The number of nitrogens with zero attached hydrogens (tertiary/aromatic N) is 5. The molecule has 2 N–H and O–H groups in total. The second kappa shape index (κ2) is 10.1. The van der Waals surface area contributed by atoms with Gasteiger partial charge in [0, 0.05) is 48.6 Å². The molecule has 9 rings (SSSR count). The molecule has 3 aromatic heterocycles. The number of fused-ring (bicyclic) bond motifs is 3. The predicted molar refractivity (Wildman–Crippen MR) is 154 cm³/mol. The van der Waals surface area contributed by atoms with E-state index in [9.17, 15) is 18.0 Å². The first-order chi connectivity index (χ1) is 20.3. The van der Waals surface area contributed by atoms with Gasteiger partial charge in [0.2, 0.25) is 5.95 Å². The van der Waals surface area contributed by atoms with Gasteiger partial charge in [0.25, 0.3) is 5.91 Å². The Morgan fingerprint density at radius 1 is 1.10 bits per heavy atom. The molecule has 6 aliphatic rings. The molecule has 0 radical (unpaired) electrons. The number of carbonyl (C=O) groups is 1. The van der Waals surface area contributed by atoms with Crippen molar-refractivity contribution in [1.29, 1.82) is 0 Å². The molecule has 3 aromatic rings. The lowest BCUT2D eigenvalue weighted by atomic mass is 9.91. The minimum absolute atomic E-state index is 0.00752. The number of anilines is 3. The maximum Gasteiger partial charge on any atom is 0.420 e. The van der Waals surface area contributed by atoms with Gasteiger partial charge in [0.05, 0.1) is 41.7 Å². The van der Waals surface area contributed by atoms with E-state index in [-0.39, 0.29) is 23.6 Å². The van der Waals surface area contributed by atoms with E-state index in [4.69, 9.17) is 9.72 Å². The Balaban J connectivity index is 1.12. The van der Waals surface area contributed by atoms with Gasteiger partial charge in [-0.2, -0.15) is 13.2 Å². The number of pyridine rings is 1. The number of ether oxygens (including phenoxy) is 1. The maximum atomic E-state index is 14.2. The van der Waals surface area contributed by atoms with Crippen LogP contribution in [0.4, 0.5) is 30.6 Å². The second-order valence-electron chi connectivity index (χ2n) is 11.5. The number of piperazine rings is 1. The van der Waals surface area contributed by atoms with Crippen LogP contribution in [0.3, 0.4) is 0 Å². The van der Waals surface area contributed by atoms with Gasteiger partial charge in [-0.1, -0.05) is 0 Å². The molecule has 5 aliphatic heterocycles. The summed E-state index contributed by atoms with van der Waals surface area (Å²) in [5, 5.41) is 6.71. The Labute approximate surface area is 248 Å². The average molecular weight is 616 g/mol. The van der Waals surface area contributed by atoms with Gasteiger partial charge in [-0.05, 0) is 42.9 Å². The first-order valence-corrected chi connectivity index (χ1v) is 16.0. The summed E-state index contributed by atoms with van der Waals surface area (Å²) in [6.07, 6.45) is 1.23. The SMILES string of the molecule is O=C1c2sc(-c3nc(Nc4cnc(N5CC6CC(C5)N6)cc4C4CC4)ncc3C(F)(F)F)cc2SCCN1C1COC1. The summed E-state index contributed by atoms with van der Waals surface area (Å²) in [5.74, 6) is 1.87. The summed E-state index contributed by atoms with van der Waals surface area (Å²) >= 11 is 2.54. The van der Waals surface area contributed by atoms with Crippen LogP contribution in [0.15, 0.2) is 29.4 Å². The molecule has 2 atom stereocenters. The fourth-order valence-electron chi connectivity index (χ4n) is 6.11. The molecule has 1 saturated carbocycles. The van der Waals surface area contributed by atoms with E-state index in [2.05, 4.69) is 31.6 Å². The highest BCUT2D eigenvalue weighted by Gasteiger charge is 2.39. The lowest BCUT2D eigenvalue weighted by Crippen LogP contribution is -2.67. The van der Waals surface area contributed by atoms with Crippen molar-refractivity contribution < 1.29 is 22.7 Å². The van der Waals surface area contributed by atoms with Crippen LogP contribution in [-0.2, 0) is 10.9 Å². The quantitative estimate of drug-likeness (QED) is 0.408. The van der Waals surface area contributed by atoms with E-state index in [1.54, 1.807) is 17.2 Å². The lowest BCUT2D eigenvalue weighted by molar-refractivity contribution is -0.137. The van der Waals surface area contributed by atoms with E-state index in [1.165, 1.54) is 18.2 Å². The smallest absolute Gasteiger partial charge is 0.377 e. The number of piperidine rings is 1. The zero-order valence-electron chi connectivity index (χ0n) is 22.5. The third kappa shape index (κ3) is 4.81. The molecular weight excluding hydrogens is 587 g/mol. The number of aromatic nitrogens is 3. The van der Waals surface area contributed by atoms with Crippen molar-refractivity contribution >= 4 is 46.5 Å². The first kappa shape index (κ1) is 26.7.